The Labute approximate surface area is 175 Å². The number of esters is 1. The number of hydrogen-bond donors (Lipinski definition) is 1. The Morgan fingerprint density at radius 2 is 1.87 bits per heavy atom. The van der Waals surface area contributed by atoms with Crippen LogP contribution < -0.4 is 10.1 Å². The van der Waals surface area contributed by atoms with Gasteiger partial charge in [-0.15, -0.1) is 0 Å². The number of benzene rings is 2. The van der Waals surface area contributed by atoms with Gasteiger partial charge in [-0.3, -0.25) is 4.79 Å². The van der Waals surface area contributed by atoms with Crippen molar-refractivity contribution in [3.05, 3.63) is 76.7 Å². The summed E-state index contributed by atoms with van der Waals surface area (Å²) in [5.41, 5.74) is 3.59. The Balaban J connectivity index is 1.59. The summed E-state index contributed by atoms with van der Waals surface area (Å²) in [6, 6.07) is 14.0. The Bertz CT molecular complexity index is 1040. The highest BCUT2D eigenvalue weighted by Gasteiger charge is 2.19. The van der Waals surface area contributed by atoms with Crippen molar-refractivity contribution in [2.24, 2.45) is 0 Å². The van der Waals surface area contributed by atoms with Crippen LogP contribution in [0.3, 0.4) is 0 Å². The van der Waals surface area contributed by atoms with Gasteiger partial charge in [-0.1, -0.05) is 23.4 Å². The van der Waals surface area contributed by atoms with Crippen LogP contribution >= 0.6 is 0 Å². The molecule has 156 valence electrons. The highest BCUT2D eigenvalue weighted by atomic mass is 16.5. The van der Waals surface area contributed by atoms with E-state index in [4.69, 9.17) is 14.0 Å². The summed E-state index contributed by atoms with van der Waals surface area (Å²) in [5, 5.41) is 6.63. The number of aromatic nitrogens is 1. The Morgan fingerprint density at radius 1 is 1.10 bits per heavy atom. The summed E-state index contributed by atoms with van der Waals surface area (Å²) in [4.78, 5) is 24.8. The first-order chi connectivity index (χ1) is 14.3. The van der Waals surface area contributed by atoms with Gasteiger partial charge in [0.25, 0.3) is 5.91 Å². The van der Waals surface area contributed by atoms with Gasteiger partial charge in [0.15, 0.2) is 6.10 Å². The molecule has 0 saturated carbocycles. The van der Waals surface area contributed by atoms with E-state index in [0.717, 1.165) is 16.8 Å². The normalized spacial score (nSPS) is 11.6. The molecule has 0 bridgehead atoms. The molecule has 0 saturated heterocycles. The van der Waals surface area contributed by atoms with E-state index in [2.05, 4.69) is 10.5 Å². The second-order valence-electron chi connectivity index (χ2n) is 7.03. The van der Waals surface area contributed by atoms with Gasteiger partial charge in [-0.05, 0) is 63.6 Å². The SMILES string of the molecule is Cc1cccc(NC(=O)[C@@H](C)OC(=O)c2cccc(OCc3c(C)noc3C)c2)c1. The highest BCUT2D eigenvalue weighted by molar-refractivity contribution is 5.97. The minimum Gasteiger partial charge on any atom is -0.489 e. The number of aryl methyl sites for hydroxylation is 3. The number of hydrogen-bond acceptors (Lipinski definition) is 6. The topological polar surface area (TPSA) is 90.7 Å². The monoisotopic (exact) mass is 408 g/mol. The molecule has 0 aliphatic carbocycles. The number of rotatable bonds is 7. The number of amides is 1. The quantitative estimate of drug-likeness (QED) is 0.584. The van der Waals surface area contributed by atoms with E-state index in [9.17, 15) is 9.59 Å². The molecule has 1 atom stereocenters. The lowest BCUT2D eigenvalue weighted by molar-refractivity contribution is -0.123. The molecular formula is C23H24N2O5. The van der Waals surface area contributed by atoms with Crippen molar-refractivity contribution in [1.29, 1.82) is 0 Å². The summed E-state index contributed by atoms with van der Waals surface area (Å²) in [7, 11) is 0. The third kappa shape index (κ3) is 5.26. The number of carbonyl (C=O) groups excluding carboxylic acids is 2. The van der Waals surface area contributed by atoms with E-state index < -0.39 is 18.0 Å². The van der Waals surface area contributed by atoms with Crippen LogP contribution in [0.5, 0.6) is 5.75 Å². The van der Waals surface area contributed by atoms with Crippen LogP contribution in [0.1, 0.15) is 39.9 Å². The van der Waals surface area contributed by atoms with E-state index >= 15 is 0 Å². The molecular weight excluding hydrogens is 384 g/mol. The maximum Gasteiger partial charge on any atom is 0.339 e. The maximum atomic E-state index is 12.5. The van der Waals surface area contributed by atoms with Gasteiger partial charge in [-0.2, -0.15) is 0 Å². The summed E-state index contributed by atoms with van der Waals surface area (Å²) in [6.07, 6.45) is -0.954. The summed E-state index contributed by atoms with van der Waals surface area (Å²) < 4.78 is 16.2. The van der Waals surface area contributed by atoms with Crippen molar-refractivity contribution in [2.45, 2.75) is 40.4 Å². The molecule has 1 heterocycles. The highest BCUT2D eigenvalue weighted by Crippen LogP contribution is 2.19. The first-order valence-corrected chi connectivity index (χ1v) is 9.56. The molecule has 0 unspecified atom stereocenters. The van der Waals surface area contributed by atoms with Crippen LogP contribution in [0.15, 0.2) is 53.1 Å². The van der Waals surface area contributed by atoms with Crippen LogP contribution in [0.2, 0.25) is 0 Å². The average Bonchev–Trinajstić information content (AvgIpc) is 3.04. The van der Waals surface area contributed by atoms with Crippen LogP contribution in [-0.4, -0.2) is 23.1 Å². The lowest BCUT2D eigenvalue weighted by Crippen LogP contribution is -2.30. The first-order valence-electron chi connectivity index (χ1n) is 9.56. The van der Waals surface area contributed by atoms with Crippen LogP contribution in [0.25, 0.3) is 0 Å². The van der Waals surface area contributed by atoms with Crippen molar-refractivity contribution >= 4 is 17.6 Å². The van der Waals surface area contributed by atoms with E-state index in [1.54, 1.807) is 30.3 Å². The van der Waals surface area contributed by atoms with E-state index in [1.807, 2.05) is 39.0 Å². The van der Waals surface area contributed by atoms with Crippen LogP contribution in [0.4, 0.5) is 5.69 Å². The lowest BCUT2D eigenvalue weighted by atomic mass is 10.2. The Kier molecular flexibility index (Phi) is 6.51. The molecule has 0 radical (unpaired) electrons. The fourth-order valence-electron chi connectivity index (χ4n) is 2.83. The van der Waals surface area contributed by atoms with E-state index in [0.29, 0.717) is 22.8 Å². The van der Waals surface area contributed by atoms with E-state index in [1.165, 1.54) is 6.92 Å². The molecule has 2 aromatic carbocycles. The first kappa shape index (κ1) is 21.1. The molecule has 0 aliphatic heterocycles. The largest absolute Gasteiger partial charge is 0.489 e. The zero-order chi connectivity index (χ0) is 21.7. The van der Waals surface area contributed by atoms with Crippen molar-refractivity contribution in [1.82, 2.24) is 5.16 Å². The summed E-state index contributed by atoms with van der Waals surface area (Å²) >= 11 is 0. The Morgan fingerprint density at radius 3 is 2.57 bits per heavy atom. The minimum absolute atomic E-state index is 0.273. The molecule has 0 fully saturated rings. The second-order valence-corrected chi connectivity index (χ2v) is 7.03. The van der Waals surface area contributed by atoms with Gasteiger partial charge >= 0.3 is 5.97 Å². The van der Waals surface area contributed by atoms with Gasteiger partial charge in [0.2, 0.25) is 0 Å². The molecule has 3 rings (SSSR count). The number of anilines is 1. The van der Waals surface area contributed by atoms with Crippen molar-refractivity contribution in [3.8, 4) is 5.75 Å². The molecule has 0 spiro atoms. The maximum absolute atomic E-state index is 12.5. The lowest BCUT2D eigenvalue weighted by Gasteiger charge is -2.14. The third-order valence-electron chi connectivity index (χ3n) is 4.57. The molecule has 7 nitrogen and oxygen atoms in total. The van der Waals surface area contributed by atoms with Gasteiger partial charge in [0.1, 0.15) is 18.1 Å². The van der Waals surface area contributed by atoms with Crippen molar-refractivity contribution < 1.29 is 23.6 Å². The van der Waals surface area contributed by atoms with E-state index in [-0.39, 0.29) is 6.61 Å². The van der Waals surface area contributed by atoms with Crippen LogP contribution in [0, 0.1) is 20.8 Å². The van der Waals surface area contributed by atoms with Crippen LogP contribution in [-0.2, 0) is 16.1 Å². The van der Waals surface area contributed by atoms with Gasteiger partial charge in [0, 0.05) is 5.69 Å². The molecule has 7 heteroatoms. The average molecular weight is 408 g/mol. The predicted molar refractivity (Wildman–Crippen MR) is 111 cm³/mol. The number of nitrogens with zero attached hydrogens (tertiary/aromatic N) is 1. The Hall–Kier alpha value is -3.61. The molecule has 30 heavy (non-hydrogen) atoms. The van der Waals surface area contributed by atoms with Gasteiger partial charge in [0.05, 0.1) is 16.8 Å². The van der Waals surface area contributed by atoms with Gasteiger partial charge in [-0.25, -0.2) is 4.79 Å². The van der Waals surface area contributed by atoms with Gasteiger partial charge < -0.3 is 19.3 Å². The molecule has 1 N–H and O–H groups in total. The summed E-state index contributed by atoms with van der Waals surface area (Å²) in [5.74, 6) is 0.183. The standard InChI is InChI=1S/C23H24N2O5/c1-14-7-5-9-19(11-14)24-22(26)17(4)29-23(27)18-8-6-10-20(12-18)28-13-21-15(2)25-30-16(21)3/h5-12,17H,13H2,1-4H3,(H,24,26)/t17-/m1/s1. The molecule has 1 aromatic heterocycles. The molecule has 0 aliphatic rings. The molecule has 3 aromatic rings. The second kappa shape index (κ2) is 9.26. The van der Waals surface area contributed by atoms with Crippen molar-refractivity contribution in [2.75, 3.05) is 5.32 Å². The van der Waals surface area contributed by atoms with Crippen molar-refractivity contribution in [3.63, 3.8) is 0 Å². The predicted octanol–water partition coefficient (Wildman–Crippen LogP) is 4.36. The molecule has 1 amide bonds. The zero-order valence-electron chi connectivity index (χ0n) is 17.4. The zero-order valence-corrected chi connectivity index (χ0v) is 17.4. The third-order valence-corrected chi connectivity index (χ3v) is 4.57. The minimum atomic E-state index is -0.954. The smallest absolute Gasteiger partial charge is 0.339 e. The fourth-order valence-corrected chi connectivity index (χ4v) is 2.83. The number of nitrogens with one attached hydrogen (secondary N) is 1. The number of ether oxygens (including phenoxy) is 2. The number of carbonyl (C=O) groups is 2. The summed E-state index contributed by atoms with van der Waals surface area (Å²) in [6.45, 7) is 7.39. The fraction of sp³-hybridized carbons (Fsp3) is 0.261.